The van der Waals surface area contributed by atoms with E-state index >= 15 is 0 Å². The third-order valence-electron chi connectivity index (χ3n) is 2.08. The van der Waals surface area contributed by atoms with Crippen molar-refractivity contribution in [3.05, 3.63) is 12.7 Å². The van der Waals surface area contributed by atoms with E-state index in [0.29, 0.717) is 22.8 Å². The first-order valence-electron chi connectivity index (χ1n) is 5.92. The Bertz CT molecular complexity index is 478. The highest BCUT2D eigenvalue weighted by atomic mass is 32.2. The molecule has 102 valence electrons. The molecule has 19 heavy (non-hydrogen) atoms. The van der Waals surface area contributed by atoms with Gasteiger partial charge < -0.3 is 10.4 Å². The largest absolute Gasteiger partial charge is 0.396 e. The van der Waals surface area contributed by atoms with Gasteiger partial charge in [0.25, 0.3) is 5.95 Å². The number of rotatable bonds is 7. The molecule has 0 aliphatic carbocycles. The number of thioether (sulfide) groups is 1. The lowest BCUT2D eigenvalue weighted by Gasteiger charge is -2.07. The molecule has 0 radical (unpaired) electrons. The highest BCUT2D eigenvalue weighted by Gasteiger charge is 2.08. The van der Waals surface area contributed by atoms with Crippen LogP contribution in [0.4, 0.5) is 5.95 Å². The van der Waals surface area contributed by atoms with Gasteiger partial charge in [-0.2, -0.15) is 24.7 Å². The van der Waals surface area contributed by atoms with Crippen molar-refractivity contribution in [1.82, 2.24) is 29.7 Å². The van der Waals surface area contributed by atoms with Gasteiger partial charge in [0.15, 0.2) is 5.16 Å². The van der Waals surface area contributed by atoms with Crippen molar-refractivity contribution in [2.45, 2.75) is 18.5 Å². The molecule has 2 aromatic heterocycles. The normalized spacial score (nSPS) is 10.6. The number of hydrogen-bond donors (Lipinski definition) is 2. The number of hydrogen-bond acceptors (Lipinski definition) is 8. The predicted molar refractivity (Wildman–Crippen MR) is 71.3 cm³/mol. The molecular formula is C10H15N7OS. The zero-order valence-electron chi connectivity index (χ0n) is 10.5. The molecule has 0 saturated carbocycles. The van der Waals surface area contributed by atoms with Gasteiger partial charge in [-0.15, -0.1) is 0 Å². The minimum Gasteiger partial charge on any atom is -0.396 e. The molecule has 0 spiro atoms. The van der Waals surface area contributed by atoms with Gasteiger partial charge in [-0.3, -0.25) is 0 Å². The summed E-state index contributed by atoms with van der Waals surface area (Å²) in [4.78, 5) is 16.7. The molecular weight excluding hydrogens is 266 g/mol. The van der Waals surface area contributed by atoms with Crippen LogP contribution in [0, 0.1) is 0 Å². The Balaban J connectivity index is 2.25. The van der Waals surface area contributed by atoms with Crippen LogP contribution in [0.5, 0.6) is 0 Å². The molecule has 0 atom stereocenters. The van der Waals surface area contributed by atoms with E-state index in [1.807, 2.05) is 0 Å². The summed E-state index contributed by atoms with van der Waals surface area (Å²) in [5.74, 6) is 1.45. The molecule has 2 heterocycles. The average molecular weight is 281 g/mol. The highest BCUT2D eigenvalue weighted by Crippen LogP contribution is 2.15. The van der Waals surface area contributed by atoms with Gasteiger partial charge in [0.1, 0.15) is 12.7 Å². The number of anilines is 1. The van der Waals surface area contributed by atoms with Crippen LogP contribution in [0.2, 0.25) is 0 Å². The molecule has 2 aromatic rings. The molecule has 0 amide bonds. The van der Waals surface area contributed by atoms with Crippen LogP contribution in [0.15, 0.2) is 17.8 Å². The Morgan fingerprint density at radius 3 is 2.95 bits per heavy atom. The van der Waals surface area contributed by atoms with Crippen LogP contribution in [-0.4, -0.2) is 53.7 Å². The molecule has 2 N–H and O–H groups in total. The SMILES string of the molecule is CCCNc1nc(SCCO)nc(-n2cncn2)n1. The molecule has 0 aliphatic rings. The smallest absolute Gasteiger partial charge is 0.257 e. The Morgan fingerprint density at radius 1 is 1.37 bits per heavy atom. The molecule has 0 bridgehead atoms. The fourth-order valence-electron chi connectivity index (χ4n) is 1.28. The fourth-order valence-corrected chi connectivity index (χ4v) is 1.85. The Morgan fingerprint density at radius 2 is 2.26 bits per heavy atom. The number of aromatic nitrogens is 6. The maximum Gasteiger partial charge on any atom is 0.257 e. The molecule has 0 aromatic carbocycles. The zero-order chi connectivity index (χ0) is 13.5. The van der Waals surface area contributed by atoms with Crippen molar-refractivity contribution in [2.24, 2.45) is 0 Å². The van der Waals surface area contributed by atoms with Gasteiger partial charge in [-0.05, 0) is 6.42 Å². The standard InChI is InChI=1S/C10H15N7OS/c1-2-3-12-8-14-9(17-7-11-6-13-17)16-10(15-8)19-5-4-18/h6-7,18H,2-5H2,1H3,(H,12,14,15,16). The van der Waals surface area contributed by atoms with Crippen LogP contribution < -0.4 is 5.32 Å². The van der Waals surface area contributed by atoms with E-state index in [0.717, 1.165) is 13.0 Å². The van der Waals surface area contributed by atoms with E-state index < -0.39 is 0 Å². The Hall–Kier alpha value is -1.74. The third-order valence-corrected chi connectivity index (χ3v) is 2.91. The molecule has 8 nitrogen and oxygen atoms in total. The second-order valence-electron chi connectivity index (χ2n) is 3.58. The van der Waals surface area contributed by atoms with Crippen molar-refractivity contribution in [2.75, 3.05) is 24.2 Å². The number of nitrogens with one attached hydrogen (secondary N) is 1. The van der Waals surface area contributed by atoms with Gasteiger partial charge >= 0.3 is 0 Å². The van der Waals surface area contributed by atoms with Crippen molar-refractivity contribution in [1.29, 1.82) is 0 Å². The average Bonchev–Trinajstić information content (AvgIpc) is 2.97. The number of aliphatic hydroxyl groups is 1. The van der Waals surface area contributed by atoms with Crippen LogP contribution in [0.3, 0.4) is 0 Å². The van der Waals surface area contributed by atoms with Gasteiger partial charge in [0, 0.05) is 12.3 Å². The second kappa shape index (κ2) is 7.00. The molecule has 0 saturated heterocycles. The number of aliphatic hydroxyl groups excluding tert-OH is 1. The summed E-state index contributed by atoms with van der Waals surface area (Å²) in [6.07, 6.45) is 3.92. The molecule has 9 heteroatoms. The van der Waals surface area contributed by atoms with E-state index in [2.05, 4.69) is 37.3 Å². The molecule has 0 aliphatic heterocycles. The summed E-state index contributed by atoms with van der Waals surface area (Å²) >= 11 is 1.37. The van der Waals surface area contributed by atoms with Crippen LogP contribution in [0.25, 0.3) is 5.95 Å². The van der Waals surface area contributed by atoms with Gasteiger partial charge in [-0.25, -0.2) is 4.98 Å². The molecule has 2 rings (SSSR count). The van der Waals surface area contributed by atoms with Crippen LogP contribution in [0.1, 0.15) is 13.3 Å². The van der Waals surface area contributed by atoms with Crippen LogP contribution >= 0.6 is 11.8 Å². The van der Waals surface area contributed by atoms with Gasteiger partial charge in [-0.1, -0.05) is 18.7 Å². The summed E-state index contributed by atoms with van der Waals surface area (Å²) in [5, 5.41) is 16.5. The first-order chi connectivity index (χ1) is 9.33. The summed E-state index contributed by atoms with van der Waals surface area (Å²) in [6, 6.07) is 0. The first kappa shape index (κ1) is 13.7. The van der Waals surface area contributed by atoms with Crippen LogP contribution in [-0.2, 0) is 0 Å². The monoisotopic (exact) mass is 281 g/mol. The van der Waals surface area contributed by atoms with E-state index in [4.69, 9.17) is 5.11 Å². The molecule has 0 fully saturated rings. The first-order valence-corrected chi connectivity index (χ1v) is 6.90. The predicted octanol–water partition coefficient (Wildman–Crippen LogP) is 0.359. The maximum absolute atomic E-state index is 8.86. The Labute approximate surface area is 114 Å². The van der Waals surface area contributed by atoms with Crippen molar-refractivity contribution in [3.8, 4) is 5.95 Å². The van der Waals surface area contributed by atoms with Crippen molar-refractivity contribution < 1.29 is 5.11 Å². The van der Waals surface area contributed by atoms with E-state index in [-0.39, 0.29) is 6.61 Å². The topological polar surface area (TPSA) is 102 Å². The van der Waals surface area contributed by atoms with Crippen molar-refractivity contribution in [3.63, 3.8) is 0 Å². The zero-order valence-corrected chi connectivity index (χ0v) is 11.3. The fraction of sp³-hybridized carbons (Fsp3) is 0.500. The summed E-state index contributed by atoms with van der Waals surface area (Å²) < 4.78 is 1.47. The third kappa shape index (κ3) is 3.86. The lowest BCUT2D eigenvalue weighted by Crippen LogP contribution is -2.11. The maximum atomic E-state index is 8.86. The highest BCUT2D eigenvalue weighted by molar-refractivity contribution is 7.99. The van der Waals surface area contributed by atoms with Gasteiger partial charge in [0.2, 0.25) is 5.95 Å². The van der Waals surface area contributed by atoms with Gasteiger partial charge in [0.05, 0.1) is 6.61 Å². The lowest BCUT2D eigenvalue weighted by atomic mass is 10.5. The van der Waals surface area contributed by atoms with E-state index in [1.54, 1.807) is 0 Å². The minimum absolute atomic E-state index is 0.0761. The Kier molecular flexibility index (Phi) is 5.04. The minimum atomic E-state index is 0.0761. The summed E-state index contributed by atoms with van der Waals surface area (Å²) in [6.45, 7) is 2.92. The van der Waals surface area contributed by atoms with Crippen molar-refractivity contribution >= 4 is 17.7 Å². The van der Waals surface area contributed by atoms with E-state index in [9.17, 15) is 0 Å². The lowest BCUT2D eigenvalue weighted by molar-refractivity contribution is 0.322. The quantitative estimate of drug-likeness (QED) is 0.701. The molecule has 0 unspecified atom stereocenters. The summed E-state index contributed by atoms with van der Waals surface area (Å²) in [5.41, 5.74) is 0. The van der Waals surface area contributed by atoms with E-state index in [1.165, 1.54) is 29.1 Å². The number of nitrogens with zero attached hydrogens (tertiary/aromatic N) is 6. The second-order valence-corrected chi connectivity index (χ2v) is 4.64. The summed E-state index contributed by atoms with van der Waals surface area (Å²) in [7, 11) is 0.